The number of aromatic nitrogens is 1. The Morgan fingerprint density at radius 1 is 1.11 bits per heavy atom. The normalized spacial score (nSPS) is 12.6. The lowest BCUT2D eigenvalue weighted by molar-refractivity contribution is -0.115. The van der Waals surface area contributed by atoms with Gasteiger partial charge in [0, 0.05) is 18.8 Å². The van der Waals surface area contributed by atoms with E-state index in [0.29, 0.717) is 18.7 Å². The summed E-state index contributed by atoms with van der Waals surface area (Å²) in [5.41, 5.74) is 1.03. The lowest BCUT2D eigenvalue weighted by Gasteiger charge is -2.18. The molecular weight excluding hydrogens is 473 g/mol. The standard InChI is InChI=1S/C25H22FN3O5S/c1-3-4-11-28-22(31)18-10-9-16(12-19(18)23(28)32)24(33)34-13-17-14-35-25(27-17)29(15(2)30)21-8-6-5-7-20(21)26/h5-10,12,14H,3-4,11,13H2,1-2H3. The molecule has 0 aliphatic carbocycles. The second-order valence-corrected chi connectivity index (χ2v) is 8.72. The summed E-state index contributed by atoms with van der Waals surface area (Å²) in [5, 5.41) is 1.85. The van der Waals surface area contributed by atoms with Gasteiger partial charge in [0.2, 0.25) is 5.91 Å². The topological polar surface area (TPSA) is 96.9 Å². The zero-order valence-corrected chi connectivity index (χ0v) is 19.9. The molecule has 1 aliphatic rings. The molecule has 4 rings (SSSR count). The van der Waals surface area contributed by atoms with Crippen molar-refractivity contribution in [1.29, 1.82) is 0 Å². The summed E-state index contributed by atoms with van der Waals surface area (Å²) in [6.07, 6.45) is 1.54. The molecule has 8 nitrogen and oxygen atoms in total. The van der Waals surface area contributed by atoms with Gasteiger partial charge < -0.3 is 4.74 Å². The summed E-state index contributed by atoms with van der Waals surface area (Å²) >= 11 is 1.11. The van der Waals surface area contributed by atoms with Gasteiger partial charge in [-0.3, -0.25) is 24.2 Å². The van der Waals surface area contributed by atoms with Crippen LogP contribution in [-0.2, 0) is 16.1 Å². The number of benzene rings is 2. The molecule has 10 heteroatoms. The first-order valence-corrected chi connectivity index (χ1v) is 11.9. The number of hydrogen-bond donors (Lipinski definition) is 0. The Hall–Kier alpha value is -3.92. The fraction of sp³-hybridized carbons (Fsp3) is 0.240. The minimum atomic E-state index is -0.688. The van der Waals surface area contributed by atoms with E-state index in [0.717, 1.165) is 22.7 Å². The van der Waals surface area contributed by atoms with Crippen LogP contribution in [0.3, 0.4) is 0 Å². The Labute approximate surface area is 204 Å². The fourth-order valence-electron chi connectivity index (χ4n) is 3.67. The Bertz CT molecular complexity index is 1320. The highest BCUT2D eigenvalue weighted by Crippen LogP contribution is 2.31. The van der Waals surface area contributed by atoms with Gasteiger partial charge in [0.25, 0.3) is 11.8 Å². The van der Waals surface area contributed by atoms with Crippen LogP contribution in [0.1, 0.15) is 63.5 Å². The van der Waals surface area contributed by atoms with Crippen LogP contribution in [0.4, 0.5) is 15.2 Å². The highest BCUT2D eigenvalue weighted by Gasteiger charge is 2.35. The predicted molar refractivity (Wildman–Crippen MR) is 127 cm³/mol. The van der Waals surface area contributed by atoms with Crippen molar-refractivity contribution < 1.29 is 28.3 Å². The lowest BCUT2D eigenvalue weighted by Crippen LogP contribution is -2.30. The Morgan fingerprint density at radius 2 is 1.86 bits per heavy atom. The molecule has 2 heterocycles. The molecule has 0 atom stereocenters. The average Bonchev–Trinajstić information content (AvgIpc) is 3.40. The average molecular weight is 496 g/mol. The number of thiazole rings is 1. The highest BCUT2D eigenvalue weighted by atomic mass is 32.1. The van der Waals surface area contributed by atoms with Crippen molar-refractivity contribution in [2.45, 2.75) is 33.3 Å². The quantitative estimate of drug-likeness (QED) is 0.331. The number of carbonyl (C=O) groups is 4. The number of nitrogens with zero attached hydrogens (tertiary/aromatic N) is 3. The van der Waals surface area contributed by atoms with E-state index >= 15 is 0 Å². The number of para-hydroxylation sites is 1. The smallest absolute Gasteiger partial charge is 0.338 e. The Kier molecular flexibility index (Phi) is 7.02. The summed E-state index contributed by atoms with van der Waals surface area (Å²) in [5.74, 6) is -2.46. The summed E-state index contributed by atoms with van der Waals surface area (Å²) < 4.78 is 19.6. The second kappa shape index (κ2) is 10.1. The van der Waals surface area contributed by atoms with Crippen LogP contribution in [0, 0.1) is 5.82 Å². The minimum absolute atomic E-state index is 0.0724. The first-order valence-electron chi connectivity index (χ1n) is 11.0. The molecule has 3 amide bonds. The number of esters is 1. The van der Waals surface area contributed by atoms with Gasteiger partial charge in [-0.05, 0) is 36.8 Å². The largest absolute Gasteiger partial charge is 0.456 e. The van der Waals surface area contributed by atoms with Crippen molar-refractivity contribution >= 4 is 45.8 Å². The van der Waals surface area contributed by atoms with E-state index in [1.54, 1.807) is 11.4 Å². The van der Waals surface area contributed by atoms with Gasteiger partial charge in [0.05, 0.1) is 28.1 Å². The number of carbonyl (C=O) groups excluding carboxylic acids is 4. The molecule has 0 saturated carbocycles. The van der Waals surface area contributed by atoms with Crippen LogP contribution in [0.15, 0.2) is 47.8 Å². The Balaban J connectivity index is 1.46. The number of amides is 3. The van der Waals surface area contributed by atoms with E-state index in [9.17, 15) is 23.6 Å². The molecular formula is C25H22FN3O5S. The second-order valence-electron chi connectivity index (χ2n) is 7.88. The molecule has 3 aromatic rings. The number of unbranched alkanes of at least 4 members (excludes halogenated alkanes) is 1. The summed E-state index contributed by atoms with van der Waals surface area (Å²) in [4.78, 5) is 56.5. The molecule has 0 N–H and O–H groups in total. The summed E-state index contributed by atoms with van der Waals surface area (Å²) in [6, 6.07) is 10.1. The molecule has 2 aromatic carbocycles. The van der Waals surface area contributed by atoms with Crippen LogP contribution >= 0.6 is 11.3 Å². The van der Waals surface area contributed by atoms with Crippen molar-refractivity contribution in [3.05, 3.63) is 76.0 Å². The van der Waals surface area contributed by atoms with E-state index in [2.05, 4.69) is 4.98 Å². The van der Waals surface area contributed by atoms with Crippen LogP contribution in [-0.4, -0.2) is 40.1 Å². The highest BCUT2D eigenvalue weighted by molar-refractivity contribution is 7.14. The van der Waals surface area contributed by atoms with E-state index < -0.39 is 23.6 Å². The third kappa shape index (κ3) is 4.83. The van der Waals surface area contributed by atoms with Crippen molar-refractivity contribution in [1.82, 2.24) is 9.88 Å². The van der Waals surface area contributed by atoms with E-state index in [-0.39, 0.29) is 40.0 Å². The van der Waals surface area contributed by atoms with Crippen molar-refractivity contribution in [3.63, 3.8) is 0 Å². The molecule has 0 unspecified atom stereocenters. The van der Waals surface area contributed by atoms with Gasteiger partial charge in [0.15, 0.2) is 5.13 Å². The van der Waals surface area contributed by atoms with Gasteiger partial charge in [-0.15, -0.1) is 11.3 Å². The maximum Gasteiger partial charge on any atom is 0.338 e. The molecule has 1 aromatic heterocycles. The number of fused-ring (bicyclic) bond motifs is 1. The number of ether oxygens (including phenoxy) is 1. The number of imide groups is 1. The number of hydrogen-bond acceptors (Lipinski definition) is 7. The van der Waals surface area contributed by atoms with E-state index in [4.69, 9.17) is 4.74 Å². The molecule has 35 heavy (non-hydrogen) atoms. The molecule has 0 bridgehead atoms. The molecule has 0 fully saturated rings. The molecule has 0 radical (unpaired) electrons. The molecule has 1 aliphatic heterocycles. The fourth-order valence-corrected chi connectivity index (χ4v) is 4.53. The number of anilines is 2. The van der Waals surface area contributed by atoms with Crippen LogP contribution in [0.5, 0.6) is 0 Å². The van der Waals surface area contributed by atoms with E-state index in [1.807, 2.05) is 6.92 Å². The first-order chi connectivity index (χ1) is 16.8. The number of halogens is 1. The summed E-state index contributed by atoms with van der Waals surface area (Å²) in [6.45, 7) is 3.41. The van der Waals surface area contributed by atoms with Gasteiger partial charge in [-0.1, -0.05) is 25.5 Å². The van der Waals surface area contributed by atoms with Crippen LogP contribution in [0.25, 0.3) is 0 Å². The first kappa shape index (κ1) is 24.2. The van der Waals surface area contributed by atoms with E-state index in [1.165, 1.54) is 48.2 Å². The third-order valence-corrected chi connectivity index (χ3v) is 6.31. The summed E-state index contributed by atoms with van der Waals surface area (Å²) in [7, 11) is 0. The Morgan fingerprint density at radius 3 is 2.57 bits per heavy atom. The van der Waals surface area contributed by atoms with Crippen LogP contribution < -0.4 is 4.90 Å². The number of rotatable bonds is 8. The zero-order valence-electron chi connectivity index (χ0n) is 19.1. The van der Waals surface area contributed by atoms with Gasteiger partial charge in [-0.25, -0.2) is 14.2 Å². The van der Waals surface area contributed by atoms with Gasteiger partial charge >= 0.3 is 5.97 Å². The predicted octanol–water partition coefficient (Wildman–Crippen LogP) is 4.72. The lowest BCUT2D eigenvalue weighted by atomic mass is 10.1. The maximum atomic E-state index is 14.2. The zero-order chi connectivity index (χ0) is 25.1. The van der Waals surface area contributed by atoms with Crippen molar-refractivity contribution in [2.75, 3.05) is 11.4 Å². The van der Waals surface area contributed by atoms with Crippen LogP contribution in [0.2, 0.25) is 0 Å². The van der Waals surface area contributed by atoms with Gasteiger partial charge in [-0.2, -0.15) is 0 Å². The molecule has 0 spiro atoms. The monoisotopic (exact) mass is 495 g/mol. The maximum absolute atomic E-state index is 14.2. The van der Waals surface area contributed by atoms with Crippen molar-refractivity contribution in [2.24, 2.45) is 0 Å². The van der Waals surface area contributed by atoms with Crippen molar-refractivity contribution in [3.8, 4) is 0 Å². The SMILES string of the molecule is CCCCN1C(=O)c2ccc(C(=O)OCc3csc(N(C(C)=O)c4ccccc4F)n3)cc2C1=O. The third-order valence-electron chi connectivity index (χ3n) is 5.43. The molecule has 0 saturated heterocycles. The molecule has 180 valence electrons. The minimum Gasteiger partial charge on any atom is -0.456 e. The van der Waals surface area contributed by atoms with Gasteiger partial charge in [0.1, 0.15) is 12.4 Å².